The maximum Gasteiger partial charge on any atom is 0.407 e. The second-order valence-electron chi connectivity index (χ2n) is 4.85. The third-order valence-electron chi connectivity index (χ3n) is 3.43. The number of anilines is 1. The van der Waals surface area contributed by atoms with Crippen molar-refractivity contribution >= 4 is 11.8 Å². The first-order chi connectivity index (χ1) is 8.98. The van der Waals surface area contributed by atoms with E-state index in [1.807, 2.05) is 0 Å². The Morgan fingerprint density at radius 3 is 2.42 bits per heavy atom. The molecule has 0 radical (unpaired) electrons. The smallest absolute Gasteiger partial charge is 0.407 e. The lowest BCUT2D eigenvalue weighted by Crippen LogP contribution is -2.49. The van der Waals surface area contributed by atoms with E-state index in [-0.39, 0.29) is 5.82 Å². The molecule has 1 aliphatic heterocycles. The Morgan fingerprint density at radius 2 is 1.89 bits per heavy atom. The molecule has 1 aromatic rings. The molecule has 1 aromatic carbocycles. The fourth-order valence-electron chi connectivity index (χ4n) is 2.13. The lowest BCUT2D eigenvalue weighted by Gasteiger charge is -2.37. The summed E-state index contributed by atoms with van der Waals surface area (Å²) in [6.07, 6.45) is -0.158. The first kappa shape index (κ1) is 13.6. The van der Waals surface area contributed by atoms with E-state index in [0.717, 1.165) is 5.69 Å². The van der Waals surface area contributed by atoms with Gasteiger partial charge in [-0.1, -0.05) is 0 Å². The zero-order valence-corrected chi connectivity index (χ0v) is 10.5. The third kappa shape index (κ3) is 3.57. The Hall–Kier alpha value is -1.82. The SMILES string of the molecule is O=C(O)N1CCC(O)(CNc2ccc(F)cc2)CC1. The van der Waals surface area contributed by atoms with Crippen LogP contribution in [0.15, 0.2) is 24.3 Å². The molecule has 6 heteroatoms. The summed E-state index contributed by atoms with van der Waals surface area (Å²) < 4.78 is 12.7. The first-order valence-electron chi connectivity index (χ1n) is 6.18. The van der Waals surface area contributed by atoms with Gasteiger partial charge in [-0.15, -0.1) is 0 Å². The monoisotopic (exact) mass is 268 g/mol. The fraction of sp³-hybridized carbons (Fsp3) is 0.462. The molecule has 0 spiro atoms. The van der Waals surface area contributed by atoms with Crippen molar-refractivity contribution in [3.8, 4) is 0 Å². The molecule has 0 saturated carbocycles. The van der Waals surface area contributed by atoms with Gasteiger partial charge in [0.15, 0.2) is 0 Å². The maximum atomic E-state index is 12.7. The number of aliphatic hydroxyl groups is 1. The number of hydrogen-bond donors (Lipinski definition) is 3. The van der Waals surface area contributed by atoms with Crippen molar-refractivity contribution in [3.63, 3.8) is 0 Å². The van der Waals surface area contributed by atoms with Gasteiger partial charge >= 0.3 is 6.09 Å². The standard InChI is InChI=1S/C13H17FN2O3/c14-10-1-3-11(4-2-10)15-9-13(19)5-7-16(8-6-13)12(17)18/h1-4,15,19H,5-9H2,(H,17,18). The van der Waals surface area contributed by atoms with Crippen molar-refractivity contribution in [1.29, 1.82) is 0 Å². The van der Waals surface area contributed by atoms with E-state index in [2.05, 4.69) is 5.32 Å². The molecule has 0 bridgehead atoms. The second kappa shape index (κ2) is 5.44. The molecule has 3 N–H and O–H groups in total. The second-order valence-corrected chi connectivity index (χ2v) is 4.85. The van der Waals surface area contributed by atoms with Gasteiger partial charge in [0.2, 0.25) is 0 Å². The molecule has 0 aromatic heterocycles. The van der Waals surface area contributed by atoms with Crippen LogP contribution >= 0.6 is 0 Å². The van der Waals surface area contributed by atoms with Crippen LogP contribution in [0.1, 0.15) is 12.8 Å². The van der Waals surface area contributed by atoms with Crippen LogP contribution in [-0.4, -0.2) is 46.4 Å². The lowest BCUT2D eigenvalue weighted by molar-refractivity contribution is -0.00587. The van der Waals surface area contributed by atoms with Gasteiger partial charge in [-0.05, 0) is 37.1 Å². The average molecular weight is 268 g/mol. The first-order valence-corrected chi connectivity index (χ1v) is 6.18. The summed E-state index contributed by atoms with van der Waals surface area (Å²) in [5.41, 5.74) is -0.184. The highest BCUT2D eigenvalue weighted by Gasteiger charge is 2.33. The van der Waals surface area contributed by atoms with Crippen molar-refractivity contribution in [3.05, 3.63) is 30.1 Å². The predicted octanol–water partition coefficient (Wildman–Crippen LogP) is 1.74. The number of amides is 1. The Bertz CT molecular complexity index is 442. The van der Waals surface area contributed by atoms with Gasteiger partial charge in [-0.25, -0.2) is 9.18 Å². The van der Waals surface area contributed by atoms with Gasteiger partial charge in [-0.2, -0.15) is 0 Å². The van der Waals surface area contributed by atoms with E-state index in [0.29, 0.717) is 32.5 Å². The van der Waals surface area contributed by atoms with E-state index in [1.54, 1.807) is 12.1 Å². The quantitative estimate of drug-likeness (QED) is 0.780. The zero-order chi connectivity index (χ0) is 13.9. The molecule has 5 nitrogen and oxygen atoms in total. The molecular weight excluding hydrogens is 251 g/mol. The van der Waals surface area contributed by atoms with Crippen LogP contribution < -0.4 is 5.32 Å². The van der Waals surface area contributed by atoms with Gasteiger partial charge in [0.1, 0.15) is 5.82 Å². The summed E-state index contributed by atoms with van der Waals surface area (Å²) in [6.45, 7) is 0.986. The molecule has 2 rings (SSSR count). The Kier molecular flexibility index (Phi) is 3.90. The highest BCUT2D eigenvalue weighted by atomic mass is 19.1. The molecule has 1 aliphatic rings. The predicted molar refractivity (Wildman–Crippen MR) is 68.7 cm³/mol. The summed E-state index contributed by atoms with van der Waals surface area (Å²) >= 11 is 0. The number of nitrogens with zero attached hydrogens (tertiary/aromatic N) is 1. The molecule has 0 aliphatic carbocycles. The topological polar surface area (TPSA) is 72.8 Å². The minimum Gasteiger partial charge on any atom is -0.465 e. The van der Waals surface area contributed by atoms with Crippen LogP contribution in [0.4, 0.5) is 14.9 Å². The van der Waals surface area contributed by atoms with E-state index < -0.39 is 11.7 Å². The van der Waals surface area contributed by atoms with Crippen molar-refractivity contribution in [2.75, 3.05) is 25.0 Å². The molecule has 19 heavy (non-hydrogen) atoms. The van der Waals surface area contributed by atoms with Crippen molar-refractivity contribution < 1.29 is 19.4 Å². The van der Waals surface area contributed by atoms with Crippen molar-refractivity contribution in [2.45, 2.75) is 18.4 Å². The number of carboxylic acid groups (broad SMARTS) is 1. The summed E-state index contributed by atoms with van der Waals surface area (Å²) in [4.78, 5) is 12.1. The van der Waals surface area contributed by atoms with Crippen LogP contribution in [-0.2, 0) is 0 Å². The molecule has 1 fully saturated rings. The summed E-state index contributed by atoms with van der Waals surface area (Å²) in [6, 6.07) is 5.90. The Balaban J connectivity index is 1.86. The number of likely N-dealkylation sites (tertiary alicyclic amines) is 1. The molecule has 0 atom stereocenters. The van der Waals surface area contributed by atoms with Crippen LogP contribution in [0, 0.1) is 5.82 Å². The summed E-state index contributed by atoms with van der Waals surface area (Å²) in [7, 11) is 0. The highest BCUT2D eigenvalue weighted by molar-refractivity contribution is 5.65. The molecule has 0 unspecified atom stereocenters. The minimum atomic E-state index is -0.950. The molecular formula is C13H17FN2O3. The lowest BCUT2D eigenvalue weighted by atomic mass is 9.91. The summed E-state index contributed by atoms with van der Waals surface area (Å²) in [5.74, 6) is -0.306. The number of benzene rings is 1. The van der Waals surface area contributed by atoms with Gasteiger partial charge in [0.25, 0.3) is 0 Å². The van der Waals surface area contributed by atoms with Crippen molar-refractivity contribution in [2.24, 2.45) is 0 Å². The van der Waals surface area contributed by atoms with Gasteiger partial charge in [-0.3, -0.25) is 0 Å². The molecule has 1 saturated heterocycles. The van der Waals surface area contributed by atoms with Gasteiger partial charge in [0.05, 0.1) is 5.60 Å². The van der Waals surface area contributed by atoms with Gasteiger partial charge in [0, 0.05) is 25.3 Å². The molecule has 1 heterocycles. The van der Waals surface area contributed by atoms with Gasteiger partial charge < -0.3 is 20.4 Å². The number of piperidine rings is 1. The number of nitrogens with one attached hydrogen (secondary N) is 1. The largest absolute Gasteiger partial charge is 0.465 e. The fourth-order valence-corrected chi connectivity index (χ4v) is 2.13. The van der Waals surface area contributed by atoms with E-state index in [4.69, 9.17) is 5.11 Å². The normalized spacial score (nSPS) is 18.1. The number of rotatable bonds is 3. The maximum absolute atomic E-state index is 12.7. The number of halogens is 1. The van der Waals surface area contributed by atoms with E-state index >= 15 is 0 Å². The van der Waals surface area contributed by atoms with Crippen LogP contribution in [0.25, 0.3) is 0 Å². The molecule has 1 amide bonds. The van der Waals surface area contributed by atoms with E-state index in [1.165, 1.54) is 17.0 Å². The van der Waals surface area contributed by atoms with E-state index in [9.17, 15) is 14.3 Å². The number of carbonyl (C=O) groups is 1. The van der Waals surface area contributed by atoms with Crippen LogP contribution in [0.5, 0.6) is 0 Å². The minimum absolute atomic E-state index is 0.306. The Morgan fingerprint density at radius 1 is 1.32 bits per heavy atom. The Labute approximate surface area is 110 Å². The van der Waals surface area contributed by atoms with Crippen molar-refractivity contribution in [1.82, 2.24) is 4.90 Å². The molecule has 104 valence electrons. The van der Waals surface area contributed by atoms with Crippen LogP contribution in [0.3, 0.4) is 0 Å². The summed E-state index contributed by atoms with van der Waals surface area (Å²) in [5, 5.41) is 22.2. The average Bonchev–Trinajstić information content (AvgIpc) is 2.39. The van der Waals surface area contributed by atoms with Crippen LogP contribution in [0.2, 0.25) is 0 Å². The third-order valence-corrected chi connectivity index (χ3v) is 3.43. The highest BCUT2D eigenvalue weighted by Crippen LogP contribution is 2.23. The zero-order valence-electron chi connectivity index (χ0n) is 10.5. The number of hydrogen-bond acceptors (Lipinski definition) is 3.